The molecular formula is C15H18N2O. The van der Waals surface area contributed by atoms with Crippen LogP contribution in [0.25, 0.3) is 0 Å². The van der Waals surface area contributed by atoms with Crippen LogP contribution in [-0.2, 0) is 6.54 Å². The van der Waals surface area contributed by atoms with Crippen molar-refractivity contribution >= 4 is 0 Å². The van der Waals surface area contributed by atoms with Crippen molar-refractivity contribution in [3.8, 4) is 11.5 Å². The van der Waals surface area contributed by atoms with E-state index in [2.05, 4.69) is 36.3 Å². The Morgan fingerprint density at radius 3 is 2.61 bits per heavy atom. The second-order valence-corrected chi connectivity index (χ2v) is 4.47. The number of pyridine rings is 1. The van der Waals surface area contributed by atoms with Crippen LogP contribution in [0, 0.1) is 0 Å². The van der Waals surface area contributed by atoms with Gasteiger partial charge in [-0.3, -0.25) is 4.98 Å². The molecule has 0 saturated carbocycles. The van der Waals surface area contributed by atoms with Crippen molar-refractivity contribution in [3.63, 3.8) is 0 Å². The summed E-state index contributed by atoms with van der Waals surface area (Å²) in [5.74, 6) is 1.66. The number of hydrogen-bond acceptors (Lipinski definition) is 3. The minimum atomic E-state index is 0.481. The van der Waals surface area contributed by atoms with Crippen molar-refractivity contribution in [3.05, 3.63) is 54.4 Å². The third kappa shape index (κ3) is 3.86. The molecule has 1 N–H and O–H groups in total. The predicted octanol–water partition coefficient (Wildman–Crippen LogP) is 3.37. The lowest BCUT2D eigenvalue weighted by Crippen LogP contribution is -2.21. The van der Waals surface area contributed by atoms with Gasteiger partial charge in [0.1, 0.15) is 11.5 Å². The zero-order valence-corrected chi connectivity index (χ0v) is 10.8. The van der Waals surface area contributed by atoms with Gasteiger partial charge in [-0.2, -0.15) is 0 Å². The van der Waals surface area contributed by atoms with E-state index in [0.717, 1.165) is 18.0 Å². The van der Waals surface area contributed by atoms with E-state index in [1.54, 1.807) is 12.4 Å². The zero-order chi connectivity index (χ0) is 12.8. The number of nitrogens with zero attached hydrogens (tertiary/aromatic N) is 1. The van der Waals surface area contributed by atoms with Crippen LogP contribution in [0.4, 0.5) is 0 Å². The fraction of sp³-hybridized carbons (Fsp3) is 0.267. The Labute approximate surface area is 108 Å². The van der Waals surface area contributed by atoms with E-state index in [4.69, 9.17) is 4.74 Å². The van der Waals surface area contributed by atoms with Gasteiger partial charge in [-0.15, -0.1) is 0 Å². The first-order valence-corrected chi connectivity index (χ1v) is 6.14. The van der Waals surface area contributed by atoms with Gasteiger partial charge in [0, 0.05) is 25.0 Å². The molecule has 2 aromatic rings. The molecule has 0 aliphatic rings. The first-order valence-electron chi connectivity index (χ1n) is 6.14. The van der Waals surface area contributed by atoms with Gasteiger partial charge in [-0.25, -0.2) is 0 Å². The maximum absolute atomic E-state index is 5.76. The molecule has 18 heavy (non-hydrogen) atoms. The smallest absolute Gasteiger partial charge is 0.130 e. The van der Waals surface area contributed by atoms with Gasteiger partial charge in [0.25, 0.3) is 0 Å². The second kappa shape index (κ2) is 6.17. The Hall–Kier alpha value is -1.87. The third-order valence-electron chi connectivity index (χ3n) is 2.50. The van der Waals surface area contributed by atoms with E-state index in [-0.39, 0.29) is 0 Å². The first kappa shape index (κ1) is 12.6. The van der Waals surface area contributed by atoms with Gasteiger partial charge in [0.15, 0.2) is 0 Å². The van der Waals surface area contributed by atoms with Crippen molar-refractivity contribution in [2.24, 2.45) is 0 Å². The summed E-state index contributed by atoms with van der Waals surface area (Å²) in [6, 6.07) is 12.3. The minimum absolute atomic E-state index is 0.481. The van der Waals surface area contributed by atoms with Crippen LogP contribution in [0.1, 0.15) is 19.4 Å². The molecule has 0 atom stereocenters. The van der Waals surface area contributed by atoms with Crippen LogP contribution in [0.15, 0.2) is 48.8 Å². The molecule has 0 aliphatic carbocycles. The van der Waals surface area contributed by atoms with Crippen molar-refractivity contribution in [2.45, 2.75) is 26.4 Å². The summed E-state index contributed by atoms with van der Waals surface area (Å²) in [7, 11) is 0. The van der Waals surface area contributed by atoms with Crippen molar-refractivity contribution < 1.29 is 4.74 Å². The molecule has 1 aromatic carbocycles. The van der Waals surface area contributed by atoms with Crippen LogP contribution < -0.4 is 10.1 Å². The topological polar surface area (TPSA) is 34.1 Å². The van der Waals surface area contributed by atoms with Crippen molar-refractivity contribution in [1.82, 2.24) is 10.3 Å². The molecule has 0 radical (unpaired) electrons. The molecule has 94 valence electrons. The standard InChI is InChI=1S/C15H18N2O/c1-12(2)17-11-13-4-3-5-15(10-13)18-14-6-8-16-9-7-14/h3-10,12,17H,11H2,1-2H3. The highest BCUT2D eigenvalue weighted by molar-refractivity contribution is 5.33. The van der Waals surface area contributed by atoms with E-state index >= 15 is 0 Å². The molecule has 3 nitrogen and oxygen atoms in total. The van der Waals surface area contributed by atoms with Gasteiger partial charge in [0.05, 0.1) is 0 Å². The molecule has 2 rings (SSSR count). The third-order valence-corrected chi connectivity index (χ3v) is 2.50. The molecule has 0 amide bonds. The maximum Gasteiger partial charge on any atom is 0.130 e. The van der Waals surface area contributed by atoms with Crippen LogP contribution in [0.2, 0.25) is 0 Å². The number of rotatable bonds is 5. The van der Waals surface area contributed by atoms with Crippen molar-refractivity contribution in [1.29, 1.82) is 0 Å². The van der Waals surface area contributed by atoms with E-state index in [0.29, 0.717) is 6.04 Å². The molecular weight excluding hydrogens is 224 g/mol. The quantitative estimate of drug-likeness (QED) is 0.872. The monoisotopic (exact) mass is 242 g/mol. The molecule has 0 fully saturated rings. The van der Waals surface area contributed by atoms with E-state index in [9.17, 15) is 0 Å². The average molecular weight is 242 g/mol. The highest BCUT2D eigenvalue weighted by Crippen LogP contribution is 2.21. The van der Waals surface area contributed by atoms with Gasteiger partial charge in [0.2, 0.25) is 0 Å². The molecule has 1 heterocycles. The second-order valence-electron chi connectivity index (χ2n) is 4.47. The minimum Gasteiger partial charge on any atom is -0.457 e. The Kier molecular flexibility index (Phi) is 4.31. The summed E-state index contributed by atoms with van der Waals surface area (Å²) in [5.41, 5.74) is 1.22. The highest BCUT2D eigenvalue weighted by atomic mass is 16.5. The largest absolute Gasteiger partial charge is 0.457 e. The number of hydrogen-bond donors (Lipinski definition) is 1. The number of nitrogens with one attached hydrogen (secondary N) is 1. The molecule has 0 spiro atoms. The van der Waals surface area contributed by atoms with E-state index in [1.807, 2.05) is 24.3 Å². The summed E-state index contributed by atoms with van der Waals surface area (Å²) in [6.07, 6.45) is 3.44. The van der Waals surface area contributed by atoms with Gasteiger partial charge in [-0.1, -0.05) is 26.0 Å². The van der Waals surface area contributed by atoms with Gasteiger partial charge < -0.3 is 10.1 Å². The Balaban J connectivity index is 2.03. The number of ether oxygens (including phenoxy) is 1. The van der Waals surface area contributed by atoms with Gasteiger partial charge >= 0.3 is 0 Å². The fourth-order valence-corrected chi connectivity index (χ4v) is 1.58. The Morgan fingerprint density at radius 1 is 1.11 bits per heavy atom. The van der Waals surface area contributed by atoms with E-state index < -0.39 is 0 Å². The van der Waals surface area contributed by atoms with Crippen LogP contribution >= 0.6 is 0 Å². The maximum atomic E-state index is 5.76. The van der Waals surface area contributed by atoms with E-state index in [1.165, 1.54) is 5.56 Å². The first-order chi connectivity index (χ1) is 8.74. The summed E-state index contributed by atoms with van der Waals surface area (Å²) in [4.78, 5) is 3.96. The molecule has 0 aliphatic heterocycles. The molecule has 1 aromatic heterocycles. The predicted molar refractivity (Wildman–Crippen MR) is 72.7 cm³/mol. The van der Waals surface area contributed by atoms with Crippen molar-refractivity contribution in [2.75, 3.05) is 0 Å². The number of aromatic nitrogens is 1. The SMILES string of the molecule is CC(C)NCc1cccc(Oc2ccncc2)c1. The summed E-state index contributed by atoms with van der Waals surface area (Å²) in [5, 5.41) is 3.39. The van der Waals surface area contributed by atoms with Gasteiger partial charge in [-0.05, 0) is 29.8 Å². The highest BCUT2D eigenvalue weighted by Gasteiger charge is 1.99. The average Bonchev–Trinajstić information content (AvgIpc) is 2.38. The Morgan fingerprint density at radius 2 is 1.89 bits per heavy atom. The lowest BCUT2D eigenvalue weighted by Gasteiger charge is -2.10. The lowest BCUT2D eigenvalue weighted by atomic mass is 10.2. The number of benzene rings is 1. The molecule has 3 heteroatoms. The summed E-state index contributed by atoms with van der Waals surface area (Å²) >= 11 is 0. The lowest BCUT2D eigenvalue weighted by molar-refractivity contribution is 0.480. The molecule has 0 bridgehead atoms. The van der Waals surface area contributed by atoms with Crippen LogP contribution in [0.3, 0.4) is 0 Å². The van der Waals surface area contributed by atoms with Crippen LogP contribution in [0.5, 0.6) is 11.5 Å². The fourth-order valence-electron chi connectivity index (χ4n) is 1.58. The molecule has 0 unspecified atom stereocenters. The molecule has 0 saturated heterocycles. The Bertz CT molecular complexity index is 483. The van der Waals surface area contributed by atoms with Crippen LogP contribution in [-0.4, -0.2) is 11.0 Å². The normalized spacial score (nSPS) is 10.6. The zero-order valence-electron chi connectivity index (χ0n) is 10.8. The summed E-state index contributed by atoms with van der Waals surface area (Å²) < 4.78 is 5.76. The summed E-state index contributed by atoms with van der Waals surface area (Å²) in [6.45, 7) is 5.12.